The molecule has 3 heterocycles. The van der Waals surface area contributed by atoms with Crippen molar-refractivity contribution in [1.82, 2.24) is 15.0 Å². The third-order valence-corrected chi connectivity index (χ3v) is 15.1. The minimum Gasteiger partial charge on any atom is -0.256 e. The van der Waals surface area contributed by atoms with E-state index in [1.807, 2.05) is 105 Å². The molecule has 1 aliphatic carbocycles. The summed E-state index contributed by atoms with van der Waals surface area (Å²) in [4.78, 5) is 14.6. The first-order valence-electron chi connectivity index (χ1n) is 29.5. The Bertz CT molecular complexity index is 3360. The topological polar surface area (TPSA) is 38.7 Å². The number of aryl methyl sites for hydroxylation is 3. The molecular weight excluding hydrogens is 835 g/mol. The van der Waals surface area contributed by atoms with Gasteiger partial charge < -0.3 is 0 Å². The van der Waals surface area contributed by atoms with Gasteiger partial charge in [-0.25, -0.2) is 0 Å². The second kappa shape index (κ2) is 19.5. The van der Waals surface area contributed by atoms with E-state index in [1.54, 1.807) is 30.3 Å². The van der Waals surface area contributed by atoms with Crippen molar-refractivity contribution >= 4 is 0 Å². The van der Waals surface area contributed by atoms with Gasteiger partial charge in [-0.05, 0) is 180 Å². The maximum absolute atomic E-state index is 10.4. The van der Waals surface area contributed by atoms with Crippen molar-refractivity contribution in [2.75, 3.05) is 0 Å². The molecule has 8 aromatic rings. The molecule has 69 heavy (non-hydrogen) atoms. The average molecular weight is 916 g/mol. The van der Waals surface area contributed by atoms with E-state index in [-0.39, 0.29) is 38.8 Å². The maximum atomic E-state index is 10.4. The van der Waals surface area contributed by atoms with Crippen LogP contribution in [-0.2, 0) is 41.8 Å². The van der Waals surface area contributed by atoms with Crippen LogP contribution in [-0.4, -0.2) is 15.0 Å². The molecule has 0 N–H and O–H groups in total. The molecular formula is C66H71N3. The molecule has 0 aliphatic heterocycles. The third kappa shape index (κ3) is 10.0. The summed E-state index contributed by atoms with van der Waals surface area (Å²) < 4.78 is 92.4. The fourth-order valence-corrected chi connectivity index (χ4v) is 10.6. The van der Waals surface area contributed by atoms with Crippen molar-refractivity contribution in [1.29, 1.82) is 0 Å². The first-order chi connectivity index (χ1) is 37.0. The summed E-state index contributed by atoms with van der Waals surface area (Å²) in [6.07, 6.45) is 4.46. The van der Waals surface area contributed by atoms with Gasteiger partial charge in [0.2, 0.25) is 0 Å². The predicted molar refractivity (Wildman–Crippen MR) is 291 cm³/mol. The predicted octanol–water partition coefficient (Wildman–Crippen LogP) is 16.7. The van der Waals surface area contributed by atoms with Gasteiger partial charge in [-0.15, -0.1) is 0 Å². The molecule has 350 valence electrons. The van der Waals surface area contributed by atoms with E-state index in [1.165, 1.54) is 18.3 Å². The highest BCUT2D eigenvalue weighted by atomic mass is 14.7. The molecule has 9 rings (SSSR count). The summed E-state index contributed by atoms with van der Waals surface area (Å²) in [5, 5.41) is 0. The molecule has 3 heteroatoms. The SMILES string of the molecule is [2H]C([2H])([2H])c1ccc(-c2cc(-c3ccc(C4(C)CCCC4)cc3C([2H])([2H])[2H])c(C([2H])([2H])C([2H])([2H])c3c(C)c(CC(C)(C)c4ccc(-c5ccccc5)nc4)c(C)c(CC(C)(C)c4ccc(-c5ccccc5)nc4)c3C)cn2)cc1. The van der Waals surface area contributed by atoms with Crippen molar-refractivity contribution in [2.24, 2.45) is 0 Å². The lowest BCUT2D eigenvalue weighted by molar-refractivity contribution is 0.491. The Morgan fingerprint density at radius 2 is 1.04 bits per heavy atom. The van der Waals surface area contributed by atoms with Gasteiger partial charge in [0, 0.05) is 49.0 Å². The minimum atomic E-state index is -2.83. The van der Waals surface area contributed by atoms with Gasteiger partial charge in [0.1, 0.15) is 0 Å². The molecule has 0 bridgehead atoms. The van der Waals surface area contributed by atoms with Crippen LogP contribution < -0.4 is 0 Å². The van der Waals surface area contributed by atoms with Crippen LogP contribution in [0.25, 0.3) is 44.9 Å². The quantitative estimate of drug-likeness (QED) is 0.109. The smallest absolute Gasteiger partial charge is 0.0708 e. The van der Waals surface area contributed by atoms with E-state index in [4.69, 9.17) is 23.2 Å². The fourth-order valence-electron chi connectivity index (χ4n) is 10.6. The van der Waals surface area contributed by atoms with E-state index >= 15 is 0 Å². The van der Waals surface area contributed by atoms with E-state index in [0.29, 0.717) is 35.2 Å². The van der Waals surface area contributed by atoms with Crippen LogP contribution in [0.4, 0.5) is 0 Å². The lowest BCUT2D eigenvalue weighted by atomic mass is 9.72. The van der Waals surface area contributed by atoms with Gasteiger partial charge in [0.15, 0.2) is 0 Å². The molecule has 1 aliphatic rings. The number of rotatable bonds is 14. The lowest BCUT2D eigenvalue weighted by Crippen LogP contribution is -2.26. The Morgan fingerprint density at radius 3 is 1.55 bits per heavy atom. The van der Waals surface area contributed by atoms with E-state index in [0.717, 1.165) is 81.6 Å². The number of hydrogen-bond donors (Lipinski definition) is 0. The molecule has 0 unspecified atom stereocenters. The highest BCUT2D eigenvalue weighted by Gasteiger charge is 2.32. The largest absolute Gasteiger partial charge is 0.256 e. The van der Waals surface area contributed by atoms with Crippen molar-refractivity contribution in [2.45, 2.75) is 137 Å². The minimum absolute atomic E-state index is 0.0416. The first-order valence-corrected chi connectivity index (χ1v) is 24.5. The summed E-state index contributed by atoms with van der Waals surface area (Å²) in [5.41, 5.74) is 11.1. The number of aromatic nitrogens is 3. The van der Waals surface area contributed by atoms with Crippen LogP contribution in [0, 0.1) is 34.5 Å². The molecule has 1 fully saturated rings. The number of pyridine rings is 3. The molecule has 3 nitrogen and oxygen atoms in total. The monoisotopic (exact) mass is 916 g/mol. The maximum Gasteiger partial charge on any atom is 0.0708 e. The van der Waals surface area contributed by atoms with E-state index < -0.39 is 37.3 Å². The number of nitrogens with zero attached hydrogens (tertiary/aromatic N) is 3. The van der Waals surface area contributed by atoms with Crippen molar-refractivity contribution < 1.29 is 13.7 Å². The Labute approximate surface area is 427 Å². The second-order valence-electron chi connectivity index (χ2n) is 20.9. The summed E-state index contributed by atoms with van der Waals surface area (Å²) in [6.45, 7) is 11.8. The molecule has 0 spiro atoms. The lowest BCUT2D eigenvalue weighted by Gasteiger charge is -2.33. The Kier molecular flexibility index (Phi) is 10.3. The molecule has 5 aromatic carbocycles. The molecule has 0 amide bonds. The van der Waals surface area contributed by atoms with Crippen LogP contribution in [0.3, 0.4) is 0 Å². The zero-order valence-corrected chi connectivity index (χ0v) is 41.5. The number of hydrogen-bond acceptors (Lipinski definition) is 3. The molecule has 1 saturated carbocycles. The van der Waals surface area contributed by atoms with E-state index in [2.05, 4.69) is 53.7 Å². The standard InChI is InChI=1S/C66H71N3/c1-44-23-25-51(26-24-44)63-38-58(56-32-28-53(37-45(56)2)66(10)35-17-18-36-66)52(41-67-63)27-31-57-46(3)59(39-64(6,7)54-29-33-61(68-42-54)49-19-13-11-14-20-49)48(5)60(47(57)4)40-65(8,9)55-30-34-62(69-43-55)50-21-15-12-16-22-50/h11-16,19-26,28-30,32-34,37-38,41-43H,17-18,27,31,35-36,39-40H2,1-10H3/i1D3,2D3,27D2,31D2. The molecule has 0 atom stereocenters. The van der Waals surface area contributed by atoms with Gasteiger partial charge in [-0.1, -0.05) is 168 Å². The van der Waals surface area contributed by atoms with Crippen LogP contribution in [0.2, 0.25) is 0 Å². The fraction of sp³-hybridized carbons (Fsp3) is 0.318. The van der Waals surface area contributed by atoms with Gasteiger partial charge in [-0.3, -0.25) is 15.0 Å². The Hall–Kier alpha value is -6.45. The Morgan fingerprint density at radius 1 is 0.522 bits per heavy atom. The van der Waals surface area contributed by atoms with Crippen LogP contribution in [0.1, 0.15) is 141 Å². The molecule has 3 aromatic heterocycles. The van der Waals surface area contributed by atoms with Gasteiger partial charge >= 0.3 is 0 Å². The summed E-state index contributed by atoms with van der Waals surface area (Å²) in [7, 11) is 0. The zero-order valence-electron chi connectivity index (χ0n) is 51.5. The summed E-state index contributed by atoms with van der Waals surface area (Å²) in [5.74, 6) is 0. The highest BCUT2D eigenvalue weighted by Crippen LogP contribution is 2.43. The van der Waals surface area contributed by atoms with Crippen LogP contribution in [0.15, 0.2) is 152 Å². The molecule has 0 saturated heterocycles. The normalized spacial score (nSPS) is 16.7. The highest BCUT2D eigenvalue weighted by molar-refractivity contribution is 5.76. The molecule has 0 radical (unpaired) electrons. The zero-order chi connectivity index (χ0) is 57.1. The first kappa shape index (κ1) is 36.5. The summed E-state index contributed by atoms with van der Waals surface area (Å²) >= 11 is 0. The van der Waals surface area contributed by atoms with Crippen molar-refractivity contribution in [3.63, 3.8) is 0 Å². The third-order valence-electron chi connectivity index (χ3n) is 15.1. The van der Waals surface area contributed by atoms with E-state index in [9.17, 15) is 5.48 Å². The van der Waals surface area contributed by atoms with Crippen molar-refractivity contribution in [3.8, 4) is 44.9 Å². The summed E-state index contributed by atoms with van der Waals surface area (Å²) in [6, 6.07) is 41.7. The Balaban J connectivity index is 1.22. The van der Waals surface area contributed by atoms with Crippen LogP contribution >= 0.6 is 0 Å². The van der Waals surface area contributed by atoms with Gasteiger partial charge in [0.25, 0.3) is 0 Å². The van der Waals surface area contributed by atoms with Gasteiger partial charge in [0.05, 0.1) is 17.1 Å². The number of benzene rings is 5. The van der Waals surface area contributed by atoms with Gasteiger partial charge in [-0.2, -0.15) is 0 Å². The van der Waals surface area contributed by atoms with Crippen LogP contribution in [0.5, 0.6) is 0 Å². The van der Waals surface area contributed by atoms with Crippen molar-refractivity contribution in [3.05, 3.63) is 219 Å². The second-order valence-corrected chi connectivity index (χ2v) is 20.9. The average Bonchev–Trinajstić information content (AvgIpc) is 3.92.